The molecule has 0 saturated heterocycles. The van der Waals surface area contributed by atoms with E-state index in [-0.39, 0.29) is 5.69 Å². The Hall–Kier alpha value is -3.49. The van der Waals surface area contributed by atoms with Gasteiger partial charge in [-0.15, -0.1) is 0 Å². The third kappa shape index (κ3) is 4.43. The highest BCUT2D eigenvalue weighted by Crippen LogP contribution is 2.30. The van der Waals surface area contributed by atoms with Crippen LogP contribution in [0.2, 0.25) is 0 Å². The molecule has 0 unspecified atom stereocenters. The summed E-state index contributed by atoms with van der Waals surface area (Å²) < 4.78 is 64.8. The van der Waals surface area contributed by atoms with E-state index in [2.05, 4.69) is 15.6 Å². The number of benzene rings is 2. The molecule has 28 heavy (non-hydrogen) atoms. The zero-order valence-electron chi connectivity index (χ0n) is 14.0. The van der Waals surface area contributed by atoms with Crippen molar-refractivity contribution in [1.82, 2.24) is 4.98 Å². The number of alkyl halides is 3. The first-order valence-corrected chi connectivity index (χ1v) is 7.90. The number of carbonyl (C=O) groups is 1. The van der Waals surface area contributed by atoms with E-state index in [0.717, 1.165) is 24.3 Å². The summed E-state index contributed by atoms with van der Waals surface area (Å²) >= 11 is 0. The summed E-state index contributed by atoms with van der Waals surface area (Å²) in [6.45, 7) is 0. The van der Waals surface area contributed by atoms with Crippen molar-refractivity contribution in [2.24, 2.45) is 0 Å². The fraction of sp³-hybridized carbons (Fsp3) is 0.0526. The molecule has 9 heteroatoms. The van der Waals surface area contributed by atoms with Gasteiger partial charge in [0.15, 0.2) is 0 Å². The van der Waals surface area contributed by atoms with Gasteiger partial charge in [-0.2, -0.15) is 13.2 Å². The van der Waals surface area contributed by atoms with Gasteiger partial charge in [-0.05, 0) is 48.5 Å². The second-order valence-electron chi connectivity index (χ2n) is 5.68. The van der Waals surface area contributed by atoms with Crippen LogP contribution in [0.15, 0.2) is 60.8 Å². The molecular formula is C19H12F5N3O. The van der Waals surface area contributed by atoms with Gasteiger partial charge in [0.05, 0.1) is 17.4 Å². The zero-order chi connectivity index (χ0) is 20.3. The fourth-order valence-electron chi connectivity index (χ4n) is 2.31. The van der Waals surface area contributed by atoms with Crippen LogP contribution < -0.4 is 10.6 Å². The van der Waals surface area contributed by atoms with Crippen molar-refractivity contribution in [2.75, 3.05) is 10.6 Å². The van der Waals surface area contributed by atoms with E-state index in [1.165, 1.54) is 36.5 Å². The minimum atomic E-state index is -4.42. The van der Waals surface area contributed by atoms with Crippen LogP contribution in [-0.4, -0.2) is 10.9 Å². The van der Waals surface area contributed by atoms with E-state index in [1.54, 1.807) is 0 Å². The normalized spacial score (nSPS) is 11.2. The minimum Gasteiger partial charge on any atom is -0.354 e. The summed E-state index contributed by atoms with van der Waals surface area (Å²) in [5.41, 5.74) is -0.653. The number of hydrogen-bond acceptors (Lipinski definition) is 3. The molecule has 3 rings (SSSR count). The van der Waals surface area contributed by atoms with E-state index in [4.69, 9.17) is 0 Å². The van der Waals surface area contributed by atoms with Crippen LogP contribution in [0.25, 0.3) is 0 Å². The summed E-state index contributed by atoms with van der Waals surface area (Å²) in [6, 6.07) is 10.3. The number of carbonyl (C=O) groups excluding carboxylic acids is 1. The quantitative estimate of drug-likeness (QED) is 0.586. The molecule has 3 aromatic rings. The first-order valence-electron chi connectivity index (χ1n) is 7.90. The topological polar surface area (TPSA) is 54.0 Å². The van der Waals surface area contributed by atoms with Gasteiger partial charge >= 0.3 is 6.18 Å². The predicted octanol–water partition coefficient (Wildman–Crippen LogP) is 5.37. The number of para-hydroxylation sites is 1. The summed E-state index contributed by atoms with van der Waals surface area (Å²) in [5, 5.41) is 4.94. The second kappa shape index (κ2) is 7.63. The molecule has 0 aliphatic heterocycles. The number of anilines is 3. The second-order valence-corrected chi connectivity index (χ2v) is 5.68. The number of nitrogens with one attached hydrogen (secondary N) is 2. The van der Waals surface area contributed by atoms with Crippen molar-refractivity contribution in [3.8, 4) is 0 Å². The number of halogens is 5. The monoisotopic (exact) mass is 393 g/mol. The molecule has 0 aliphatic rings. The molecule has 0 aliphatic carbocycles. The highest BCUT2D eigenvalue weighted by Gasteiger charge is 2.29. The fourth-order valence-corrected chi connectivity index (χ4v) is 2.31. The van der Waals surface area contributed by atoms with Crippen LogP contribution in [0.3, 0.4) is 0 Å². The molecule has 144 valence electrons. The molecule has 0 saturated carbocycles. The molecule has 1 amide bonds. The van der Waals surface area contributed by atoms with Crippen molar-refractivity contribution in [3.63, 3.8) is 0 Å². The molecule has 0 radical (unpaired) electrons. The van der Waals surface area contributed by atoms with Gasteiger partial charge in [0.2, 0.25) is 0 Å². The summed E-state index contributed by atoms with van der Waals surface area (Å²) in [6.07, 6.45) is -3.16. The Kier molecular flexibility index (Phi) is 5.25. The molecule has 2 aromatic carbocycles. The Bertz CT molecular complexity index is 966. The summed E-state index contributed by atoms with van der Waals surface area (Å²) in [4.78, 5) is 16.0. The van der Waals surface area contributed by atoms with E-state index < -0.39 is 35.0 Å². The maximum Gasteiger partial charge on any atom is 0.416 e. The summed E-state index contributed by atoms with van der Waals surface area (Å²) in [5.74, 6) is -2.66. The molecule has 0 fully saturated rings. The largest absolute Gasteiger partial charge is 0.416 e. The number of pyridine rings is 1. The molecule has 4 nitrogen and oxygen atoms in total. The van der Waals surface area contributed by atoms with Crippen LogP contribution in [-0.2, 0) is 6.18 Å². The molecule has 1 aromatic heterocycles. The third-order valence-electron chi connectivity index (χ3n) is 3.70. The first kappa shape index (κ1) is 19.3. The Labute approximate surface area is 156 Å². The zero-order valence-corrected chi connectivity index (χ0v) is 14.0. The Balaban J connectivity index is 1.68. The van der Waals surface area contributed by atoms with Crippen molar-refractivity contribution < 1.29 is 26.7 Å². The Morgan fingerprint density at radius 3 is 2.00 bits per heavy atom. The van der Waals surface area contributed by atoms with Crippen molar-refractivity contribution in [3.05, 3.63) is 83.7 Å². The average molecular weight is 393 g/mol. The van der Waals surface area contributed by atoms with Gasteiger partial charge in [0.1, 0.15) is 23.0 Å². The predicted molar refractivity (Wildman–Crippen MR) is 93.3 cm³/mol. The van der Waals surface area contributed by atoms with Crippen LogP contribution in [0.1, 0.15) is 16.1 Å². The molecule has 2 N–H and O–H groups in total. The van der Waals surface area contributed by atoms with E-state index in [1.807, 2.05) is 0 Å². The van der Waals surface area contributed by atoms with Crippen LogP contribution in [0.4, 0.5) is 39.0 Å². The smallest absolute Gasteiger partial charge is 0.354 e. The van der Waals surface area contributed by atoms with E-state index >= 15 is 0 Å². The molecule has 0 atom stereocenters. The van der Waals surface area contributed by atoms with E-state index in [0.29, 0.717) is 11.4 Å². The number of nitrogens with zero attached hydrogens (tertiary/aromatic N) is 1. The summed E-state index contributed by atoms with van der Waals surface area (Å²) in [7, 11) is 0. The van der Waals surface area contributed by atoms with Crippen LogP contribution >= 0.6 is 0 Å². The van der Waals surface area contributed by atoms with Crippen LogP contribution in [0, 0.1) is 11.6 Å². The van der Waals surface area contributed by atoms with Gasteiger partial charge in [0, 0.05) is 5.69 Å². The Morgan fingerprint density at radius 2 is 1.46 bits per heavy atom. The maximum atomic E-state index is 13.6. The lowest BCUT2D eigenvalue weighted by atomic mass is 10.2. The number of rotatable bonds is 4. The molecule has 0 spiro atoms. The van der Waals surface area contributed by atoms with Gasteiger partial charge in [0.25, 0.3) is 5.91 Å². The molecular weight excluding hydrogens is 381 g/mol. The highest BCUT2D eigenvalue weighted by molar-refractivity contribution is 6.03. The Morgan fingerprint density at radius 1 is 0.857 bits per heavy atom. The van der Waals surface area contributed by atoms with Gasteiger partial charge in [-0.1, -0.05) is 6.07 Å². The standard InChI is InChI=1S/C19H12F5N3O/c20-14-2-1-3-15(21)17(14)27-18(28)16-9-8-13(10-25-16)26-12-6-4-11(5-7-12)19(22,23)24/h1-10,26H,(H,27,28). The highest BCUT2D eigenvalue weighted by atomic mass is 19.4. The SMILES string of the molecule is O=C(Nc1c(F)cccc1F)c1ccc(Nc2ccc(C(F)(F)F)cc2)cn1. The molecule has 0 bridgehead atoms. The van der Waals surface area contributed by atoms with Crippen molar-refractivity contribution in [2.45, 2.75) is 6.18 Å². The van der Waals surface area contributed by atoms with Gasteiger partial charge in [-0.25, -0.2) is 13.8 Å². The van der Waals surface area contributed by atoms with E-state index in [9.17, 15) is 26.7 Å². The average Bonchev–Trinajstić information content (AvgIpc) is 2.65. The first-order chi connectivity index (χ1) is 13.2. The van der Waals surface area contributed by atoms with Gasteiger partial charge < -0.3 is 10.6 Å². The lowest BCUT2D eigenvalue weighted by Gasteiger charge is -2.10. The number of hydrogen-bond donors (Lipinski definition) is 2. The van der Waals surface area contributed by atoms with Crippen molar-refractivity contribution >= 4 is 23.0 Å². The number of amides is 1. The lowest BCUT2D eigenvalue weighted by Crippen LogP contribution is -2.15. The number of aromatic nitrogens is 1. The van der Waals surface area contributed by atoms with Crippen LogP contribution in [0.5, 0.6) is 0 Å². The lowest BCUT2D eigenvalue weighted by molar-refractivity contribution is -0.137. The molecule has 1 heterocycles. The third-order valence-corrected chi connectivity index (χ3v) is 3.70. The van der Waals surface area contributed by atoms with Gasteiger partial charge in [-0.3, -0.25) is 4.79 Å². The minimum absolute atomic E-state index is 0.0966. The van der Waals surface area contributed by atoms with Crippen molar-refractivity contribution in [1.29, 1.82) is 0 Å². The maximum absolute atomic E-state index is 13.6.